The van der Waals surface area contributed by atoms with Crippen LogP contribution in [0.3, 0.4) is 0 Å². The fourth-order valence-electron chi connectivity index (χ4n) is 3.12. The lowest BCUT2D eigenvalue weighted by Gasteiger charge is -2.16. The molecular weight excluding hydrogens is 403 g/mol. The van der Waals surface area contributed by atoms with Crippen LogP contribution in [-0.2, 0) is 5.75 Å². The van der Waals surface area contributed by atoms with Crippen LogP contribution >= 0.6 is 11.8 Å². The van der Waals surface area contributed by atoms with Gasteiger partial charge < -0.3 is 9.47 Å². The first-order chi connectivity index (χ1) is 14.6. The van der Waals surface area contributed by atoms with Gasteiger partial charge in [0, 0.05) is 11.8 Å². The van der Waals surface area contributed by atoms with Crippen molar-refractivity contribution in [1.29, 1.82) is 0 Å². The van der Waals surface area contributed by atoms with E-state index in [0.717, 1.165) is 5.56 Å². The van der Waals surface area contributed by atoms with Crippen LogP contribution in [0.5, 0.6) is 11.5 Å². The molecule has 0 aliphatic heterocycles. The minimum Gasteiger partial charge on any atom is -0.497 e. The summed E-state index contributed by atoms with van der Waals surface area (Å²) in [7, 11) is 3.12. The van der Waals surface area contributed by atoms with Crippen molar-refractivity contribution in [2.75, 3.05) is 14.2 Å². The van der Waals surface area contributed by atoms with Gasteiger partial charge in [0.1, 0.15) is 17.3 Å². The van der Waals surface area contributed by atoms with Gasteiger partial charge in [0.2, 0.25) is 0 Å². The Kier molecular flexibility index (Phi) is 5.72. The summed E-state index contributed by atoms with van der Waals surface area (Å²) in [5.41, 5.74) is 1.88. The van der Waals surface area contributed by atoms with Crippen molar-refractivity contribution in [2.45, 2.75) is 10.9 Å². The molecule has 3 aromatic carbocycles. The second-order valence-electron chi connectivity index (χ2n) is 6.51. The Balaban J connectivity index is 1.89. The SMILES string of the molecule is COc1ccc(OC)c(-n2c(SCc3ccc(F)cc3)nc3ccccc3c2=O)c1. The standard InChI is InChI=1S/C23H19FN2O3S/c1-28-17-11-12-21(29-2)20(13-17)26-22(27)18-5-3-4-6-19(18)25-23(26)30-14-15-7-9-16(24)10-8-15/h3-13H,14H2,1-2H3. The third kappa shape index (κ3) is 3.89. The number of benzene rings is 3. The number of thioether (sulfide) groups is 1. The molecule has 0 aliphatic rings. The molecule has 0 atom stereocenters. The van der Waals surface area contributed by atoms with Crippen molar-refractivity contribution in [1.82, 2.24) is 9.55 Å². The zero-order valence-corrected chi connectivity index (χ0v) is 17.3. The van der Waals surface area contributed by atoms with Crippen LogP contribution in [0.15, 0.2) is 76.7 Å². The molecule has 0 fully saturated rings. The molecule has 1 heterocycles. The van der Waals surface area contributed by atoms with Gasteiger partial charge in [0.05, 0.1) is 30.8 Å². The van der Waals surface area contributed by atoms with Crippen molar-refractivity contribution in [3.8, 4) is 17.2 Å². The number of halogens is 1. The van der Waals surface area contributed by atoms with Crippen LogP contribution in [0.4, 0.5) is 4.39 Å². The highest BCUT2D eigenvalue weighted by molar-refractivity contribution is 7.98. The Morgan fingerprint density at radius 3 is 2.50 bits per heavy atom. The molecule has 0 amide bonds. The minimum atomic E-state index is -0.286. The quantitative estimate of drug-likeness (QED) is 0.329. The lowest BCUT2D eigenvalue weighted by Crippen LogP contribution is -2.22. The largest absolute Gasteiger partial charge is 0.497 e. The summed E-state index contributed by atoms with van der Waals surface area (Å²) in [4.78, 5) is 18.2. The predicted octanol–water partition coefficient (Wildman–Crippen LogP) is 4.83. The maximum atomic E-state index is 13.4. The maximum Gasteiger partial charge on any atom is 0.266 e. The molecule has 0 aliphatic carbocycles. The number of aromatic nitrogens is 2. The van der Waals surface area contributed by atoms with E-state index in [4.69, 9.17) is 14.5 Å². The Hall–Kier alpha value is -3.32. The predicted molar refractivity (Wildman–Crippen MR) is 116 cm³/mol. The molecule has 1 aromatic heterocycles. The first-order valence-electron chi connectivity index (χ1n) is 9.22. The van der Waals surface area contributed by atoms with Crippen LogP contribution in [0.2, 0.25) is 0 Å². The number of rotatable bonds is 6. The fraction of sp³-hybridized carbons (Fsp3) is 0.130. The summed E-state index contributed by atoms with van der Waals surface area (Å²) in [6.07, 6.45) is 0. The second-order valence-corrected chi connectivity index (χ2v) is 7.45. The van der Waals surface area contributed by atoms with Crippen LogP contribution in [0.25, 0.3) is 16.6 Å². The summed E-state index contributed by atoms with van der Waals surface area (Å²) < 4.78 is 25.6. The van der Waals surface area contributed by atoms with E-state index >= 15 is 0 Å². The molecule has 0 saturated heterocycles. The summed E-state index contributed by atoms with van der Waals surface area (Å²) in [5.74, 6) is 1.36. The number of hydrogen-bond donors (Lipinski definition) is 0. The Bertz CT molecular complexity index is 1260. The second kappa shape index (κ2) is 8.59. The number of nitrogens with zero attached hydrogens (tertiary/aromatic N) is 2. The molecule has 0 bridgehead atoms. The molecule has 0 unspecified atom stereocenters. The van der Waals surface area contributed by atoms with Gasteiger partial charge in [-0.15, -0.1) is 0 Å². The molecule has 7 heteroatoms. The third-order valence-electron chi connectivity index (χ3n) is 4.65. The summed E-state index contributed by atoms with van der Waals surface area (Å²) >= 11 is 1.40. The number of para-hydroxylation sites is 1. The maximum absolute atomic E-state index is 13.4. The van der Waals surface area contributed by atoms with Crippen molar-refractivity contribution in [3.63, 3.8) is 0 Å². The Morgan fingerprint density at radius 2 is 1.77 bits per heavy atom. The highest BCUT2D eigenvalue weighted by Gasteiger charge is 2.17. The third-order valence-corrected chi connectivity index (χ3v) is 5.66. The topological polar surface area (TPSA) is 53.4 Å². The van der Waals surface area contributed by atoms with Crippen LogP contribution in [0.1, 0.15) is 5.56 Å². The molecule has 0 radical (unpaired) electrons. The smallest absolute Gasteiger partial charge is 0.266 e. The monoisotopic (exact) mass is 422 g/mol. The number of ether oxygens (including phenoxy) is 2. The molecule has 30 heavy (non-hydrogen) atoms. The molecule has 4 rings (SSSR count). The van der Waals surface area contributed by atoms with Crippen molar-refractivity contribution in [2.24, 2.45) is 0 Å². The first kappa shape index (κ1) is 20.0. The van der Waals surface area contributed by atoms with E-state index in [1.807, 2.05) is 18.2 Å². The van der Waals surface area contributed by atoms with Crippen molar-refractivity contribution < 1.29 is 13.9 Å². The van der Waals surface area contributed by atoms with E-state index in [1.54, 1.807) is 50.6 Å². The number of fused-ring (bicyclic) bond motifs is 1. The fourth-order valence-corrected chi connectivity index (χ4v) is 4.08. The summed E-state index contributed by atoms with van der Waals surface area (Å²) in [6, 6.07) is 18.8. The lowest BCUT2D eigenvalue weighted by molar-refractivity contribution is 0.400. The molecule has 5 nitrogen and oxygen atoms in total. The average molecular weight is 422 g/mol. The van der Waals surface area contributed by atoms with Gasteiger partial charge in [-0.2, -0.15) is 0 Å². The van der Waals surface area contributed by atoms with E-state index in [9.17, 15) is 9.18 Å². The molecule has 0 N–H and O–H groups in total. The highest BCUT2D eigenvalue weighted by Crippen LogP contribution is 2.31. The van der Waals surface area contributed by atoms with E-state index in [-0.39, 0.29) is 11.4 Å². The molecule has 0 spiro atoms. The van der Waals surface area contributed by atoms with Gasteiger partial charge in [0.15, 0.2) is 5.16 Å². The normalized spacial score (nSPS) is 10.9. The average Bonchev–Trinajstić information content (AvgIpc) is 2.78. The lowest BCUT2D eigenvalue weighted by atomic mass is 10.2. The Labute approximate surface area is 177 Å². The van der Waals surface area contributed by atoms with Crippen LogP contribution in [0, 0.1) is 5.82 Å². The van der Waals surface area contributed by atoms with Crippen molar-refractivity contribution in [3.05, 3.63) is 88.5 Å². The van der Waals surface area contributed by atoms with Crippen molar-refractivity contribution >= 4 is 22.7 Å². The zero-order chi connectivity index (χ0) is 21.1. The van der Waals surface area contributed by atoms with Gasteiger partial charge >= 0.3 is 0 Å². The summed E-state index contributed by atoms with van der Waals surface area (Å²) in [6.45, 7) is 0. The number of hydrogen-bond acceptors (Lipinski definition) is 5. The van der Waals surface area contributed by atoms with E-state index in [1.165, 1.54) is 28.5 Å². The Morgan fingerprint density at radius 1 is 1.00 bits per heavy atom. The van der Waals surface area contributed by atoms with E-state index in [2.05, 4.69) is 0 Å². The minimum absolute atomic E-state index is 0.200. The molecule has 152 valence electrons. The molecule has 0 saturated carbocycles. The first-order valence-corrected chi connectivity index (χ1v) is 10.2. The van der Waals surface area contributed by atoms with E-state index < -0.39 is 0 Å². The van der Waals surface area contributed by atoms with Crippen LogP contribution < -0.4 is 15.0 Å². The van der Waals surface area contributed by atoms with Gasteiger partial charge in [-0.25, -0.2) is 9.37 Å². The van der Waals surface area contributed by atoms with Gasteiger partial charge in [-0.3, -0.25) is 9.36 Å². The molecule has 4 aromatic rings. The highest BCUT2D eigenvalue weighted by atomic mass is 32.2. The van der Waals surface area contributed by atoms with Gasteiger partial charge in [-0.1, -0.05) is 36.0 Å². The van der Waals surface area contributed by atoms with Crippen LogP contribution in [-0.4, -0.2) is 23.8 Å². The van der Waals surface area contributed by atoms with E-state index in [0.29, 0.717) is 39.0 Å². The number of methoxy groups -OCH3 is 2. The zero-order valence-electron chi connectivity index (χ0n) is 16.5. The molecular formula is C23H19FN2O3S. The van der Waals surface area contributed by atoms with Gasteiger partial charge in [0.25, 0.3) is 5.56 Å². The van der Waals surface area contributed by atoms with Gasteiger partial charge in [-0.05, 0) is 42.0 Å². The summed E-state index contributed by atoms with van der Waals surface area (Å²) in [5, 5.41) is 1.02.